The number of hydrogen-bond donors (Lipinski definition) is 3. The van der Waals surface area contributed by atoms with Crippen molar-refractivity contribution < 1.29 is 51.7 Å². The Hall–Kier alpha value is -12.4. The number of aromatic nitrogens is 9. The number of nitriles is 3. The maximum absolute atomic E-state index is 15.6. The lowest BCUT2D eigenvalue weighted by Crippen LogP contribution is -2.58. The molecule has 3 aliphatic heterocycles. The molecule has 0 saturated carbocycles. The van der Waals surface area contributed by atoms with Crippen LogP contribution in [0, 0.1) is 83.9 Å². The summed E-state index contributed by atoms with van der Waals surface area (Å²) in [4.78, 5) is 120. The molecule has 0 aliphatic carbocycles. The highest BCUT2D eigenvalue weighted by atomic mass is 35.5. The van der Waals surface area contributed by atoms with E-state index in [1.165, 1.54) is 50.1 Å². The molecule has 3 aliphatic rings. The van der Waals surface area contributed by atoms with Crippen molar-refractivity contribution in [1.82, 2.24) is 58.3 Å². The van der Waals surface area contributed by atoms with Crippen LogP contribution in [0.5, 0.6) is 17.2 Å². The molecule has 0 spiro atoms. The SMILES string of the molecule is C=CC(=O)N1[C@H](C)CN(c2c(C#N)c(=O)n(-c3c(C)ccnc3C(C)C)c3nc(-c4c(O)c(F)c(Cl)c(Cl)c4Cl)c(Cl)cc23)C[C@@H]1C.C=CC(=O)N1[C@H](C)CN(c2c(C#N)c(=O)n(-c3c(C)ccnc3C(C)C)c3nc(-c4c(O)c(F)c(Cl)c(Cl)c4F)c(Cl)cc23)C[C@@H]1C.C=CC(=O)N1[C@H](C)CN(c2c(C#N)c(=O)n(-c3c(C)ccnc3C(C)C)c3nc(-c4c(O)c(F)c(Cl)c(Cl)c4F)c(Cl)cc23)C[C@@H]1C. The van der Waals surface area contributed by atoms with Gasteiger partial charge in [0.15, 0.2) is 46.3 Å². The van der Waals surface area contributed by atoms with Crippen molar-refractivity contribution in [1.29, 1.82) is 15.8 Å². The fourth-order valence-corrected chi connectivity index (χ4v) is 20.9. The second-order valence-electron chi connectivity index (χ2n) is 35.1. The van der Waals surface area contributed by atoms with Gasteiger partial charge in [0.25, 0.3) is 16.7 Å². The van der Waals surface area contributed by atoms with Gasteiger partial charge in [-0.3, -0.25) is 57.4 Å². The molecule has 0 unspecified atom stereocenters. The van der Waals surface area contributed by atoms with Crippen LogP contribution in [0.15, 0.2) is 107 Å². The summed E-state index contributed by atoms with van der Waals surface area (Å²) in [5.41, 5.74) is -0.563. The van der Waals surface area contributed by atoms with Gasteiger partial charge in [0.1, 0.15) is 66.9 Å². The third kappa shape index (κ3) is 18.5. The van der Waals surface area contributed by atoms with Gasteiger partial charge in [-0.1, -0.05) is 177 Å². The number of amides is 3. The molecule has 0 bridgehead atoms. The lowest BCUT2D eigenvalue weighted by atomic mass is 10.0. The number of hydrogen-bond acceptors (Lipinski definition) is 21. The van der Waals surface area contributed by atoms with E-state index < -0.39 is 111 Å². The number of aryl methyl sites for hydroxylation is 3. The Morgan fingerprint density at radius 3 is 0.844 bits per heavy atom. The van der Waals surface area contributed by atoms with Crippen LogP contribution >= 0.6 is 116 Å². The molecule has 12 aromatic rings. The van der Waals surface area contributed by atoms with Gasteiger partial charge in [0, 0.05) is 110 Å². The second kappa shape index (κ2) is 41.7. The molecule has 12 heterocycles. The second-order valence-corrected chi connectivity index (χ2v) is 39.0. The summed E-state index contributed by atoms with van der Waals surface area (Å²) in [6, 6.07) is 13.5. The van der Waals surface area contributed by atoms with E-state index >= 15 is 13.2 Å². The first kappa shape index (κ1) is 106. The summed E-state index contributed by atoms with van der Waals surface area (Å²) in [6.07, 6.45) is 8.52. The molecule has 3 fully saturated rings. The van der Waals surface area contributed by atoms with Crippen LogP contribution in [0.2, 0.25) is 50.2 Å². The summed E-state index contributed by atoms with van der Waals surface area (Å²) in [6.45, 7) is 40.0. The predicted molar refractivity (Wildman–Crippen MR) is 542 cm³/mol. The molecule has 6 atom stereocenters. The van der Waals surface area contributed by atoms with E-state index in [1.54, 1.807) is 72.3 Å². The molecule has 3 saturated heterocycles. The minimum Gasteiger partial charge on any atom is -0.504 e. The Morgan fingerprint density at radius 2 is 0.610 bits per heavy atom. The number of halogens is 15. The lowest BCUT2D eigenvalue weighted by Gasteiger charge is -2.45. The van der Waals surface area contributed by atoms with Gasteiger partial charge in [0.05, 0.1) is 120 Å². The van der Waals surface area contributed by atoms with Crippen molar-refractivity contribution in [2.45, 2.75) is 158 Å². The highest BCUT2D eigenvalue weighted by Gasteiger charge is 2.42. The zero-order chi connectivity index (χ0) is 104. The van der Waals surface area contributed by atoms with E-state index in [9.17, 15) is 68.7 Å². The number of phenolic OH excluding ortho intramolecular Hbond substituents is 3. The van der Waals surface area contributed by atoms with Crippen molar-refractivity contribution in [2.75, 3.05) is 54.0 Å². The monoisotopic (exact) mass is 2120 g/mol. The third-order valence-corrected chi connectivity index (χ3v) is 28.6. The van der Waals surface area contributed by atoms with Crippen molar-refractivity contribution in [3.05, 3.63) is 254 Å². The molecular formula is C99H87Cl10F5N18O9. The largest absolute Gasteiger partial charge is 0.504 e. The van der Waals surface area contributed by atoms with Crippen molar-refractivity contribution in [3.8, 4) is 86.3 Å². The number of piperazine rings is 3. The first-order valence-corrected chi connectivity index (χ1v) is 47.5. The first-order valence-electron chi connectivity index (χ1n) is 43.7. The lowest BCUT2D eigenvalue weighted by molar-refractivity contribution is -0.131. The van der Waals surface area contributed by atoms with Gasteiger partial charge in [-0.25, -0.2) is 36.9 Å². The van der Waals surface area contributed by atoms with E-state index in [4.69, 9.17) is 121 Å². The summed E-state index contributed by atoms with van der Waals surface area (Å²) in [5, 5.41) is 59.5. The van der Waals surface area contributed by atoms with E-state index in [0.29, 0.717) is 56.2 Å². The zero-order valence-electron chi connectivity index (χ0n) is 78.0. The number of anilines is 3. The standard InChI is InChI=1S/C33H29Cl4FN6O3.2C33H29Cl3F2N6O3/c1-7-21(45)43-16(5)12-42(13-17(43)6)30-18-10-20(34)28(22-23(35)24(36)25(37)26(38)31(22)46)41-32(18)44(33(47)19(30)11-39)29-15(4)8-9-40-27(29)14(2)3;2*1-7-21(45)43-16(5)12-42(13-17(43)6)30-18-10-20(34)28(22-25(37)23(35)24(36)26(38)31(22)46)41-32(18)44(33(47)19(30)11-39)29-15(4)8-9-40-27(29)14(2)3/h3*7-10,14,16-17,46H,1,12-13H2,2-6H3/t3*16-,17+. The number of carbonyl (C=O) groups excluding carboxylic acids is 3. The van der Waals surface area contributed by atoms with E-state index in [-0.39, 0.29) is 209 Å². The van der Waals surface area contributed by atoms with Crippen LogP contribution in [0.1, 0.15) is 151 Å². The van der Waals surface area contributed by atoms with E-state index in [2.05, 4.69) is 62.9 Å². The minimum atomic E-state index is -1.39. The average molecular weight is 2120 g/mol. The summed E-state index contributed by atoms with van der Waals surface area (Å²) in [5.74, 6) is -11.1. The van der Waals surface area contributed by atoms with Crippen LogP contribution < -0.4 is 31.4 Å². The number of aromatic hydroxyl groups is 3. The van der Waals surface area contributed by atoms with Gasteiger partial charge in [-0.2, -0.15) is 15.8 Å². The molecule has 141 heavy (non-hydrogen) atoms. The fourth-order valence-electron chi connectivity index (χ4n) is 18.7. The maximum atomic E-state index is 15.6. The van der Waals surface area contributed by atoms with Crippen LogP contribution in [-0.4, -0.2) is 167 Å². The van der Waals surface area contributed by atoms with E-state index in [1.807, 2.05) is 97.8 Å². The van der Waals surface area contributed by atoms with Crippen molar-refractivity contribution >= 4 is 184 Å². The van der Waals surface area contributed by atoms with Crippen LogP contribution in [0.25, 0.3) is 83.9 Å². The zero-order valence-corrected chi connectivity index (χ0v) is 85.6. The van der Waals surface area contributed by atoms with E-state index in [0.717, 1.165) is 0 Å². The smallest absolute Gasteiger partial charge is 0.276 e. The fraction of sp³-hybridized carbons (Fsp3) is 0.303. The third-order valence-electron chi connectivity index (χ3n) is 24.8. The number of fused-ring (bicyclic) bond motifs is 3. The normalized spacial score (nSPS) is 16.6. The van der Waals surface area contributed by atoms with Crippen molar-refractivity contribution in [3.63, 3.8) is 0 Å². The molecule has 15 rings (SSSR count). The molecule has 42 heteroatoms. The molecule has 3 amide bonds. The average Bonchev–Trinajstić information content (AvgIpc) is 0.725. The topological polar surface area (TPSA) is 346 Å². The van der Waals surface area contributed by atoms with Gasteiger partial charge in [-0.05, 0) is 151 Å². The Bertz CT molecular complexity index is 6870. The number of carbonyl (C=O) groups is 3. The number of pyridine rings is 9. The van der Waals surface area contributed by atoms with Crippen molar-refractivity contribution in [2.24, 2.45) is 0 Å². The summed E-state index contributed by atoms with van der Waals surface area (Å²) in [7, 11) is 0. The Balaban J connectivity index is 0.000000178. The summed E-state index contributed by atoms with van der Waals surface area (Å²) < 4.78 is 79.8. The molecule has 0 radical (unpaired) electrons. The molecule has 9 aromatic heterocycles. The molecule has 732 valence electrons. The van der Waals surface area contributed by atoms with Gasteiger partial charge in [0.2, 0.25) is 17.7 Å². The molecular weight excluding hydrogens is 2030 g/mol. The molecule has 27 nitrogen and oxygen atoms in total. The number of benzene rings is 3. The first-order chi connectivity index (χ1) is 66.5. The predicted octanol–water partition coefficient (Wildman–Crippen LogP) is 22.4. The highest BCUT2D eigenvalue weighted by molar-refractivity contribution is 6.50. The Labute approximate surface area is 855 Å². The van der Waals surface area contributed by atoms with Gasteiger partial charge >= 0.3 is 0 Å². The van der Waals surface area contributed by atoms with Crippen LogP contribution in [-0.2, 0) is 14.4 Å². The number of rotatable bonds is 15. The van der Waals surface area contributed by atoms with Gasteiger partial charge < -0.3 is 44.7 Å². The van der Waals surface area contributed by atoms with Crippen LogP contribution in [0.4, 0.5) is 39.0 Å². The number of nitrogens with zero attached hydrogens (tertiary/aromatic N) is 18. The van der Waals surface area contributed by atoms with Crippen LogP contribution in [0.3, 0.4) is 0 Å². The molecule has 3 aromatic carbocycles. The Kier molecular flexibility index (Phi) is 31.3. The van der Waals surface area contributed by atoms with Gasteiger partial charge in [-0.15, -0.1) is 0 Å². The Morgan fingerprint density at radius 1 is 0.383 bits per heavy atom. The summed E-state index contributed by atoms with van der Waals surface area (Å²) >= 11 is 62.5. The minimum absolute atomic E-state index is 0.0354. The quantitative estimate of drug-likeness (QED) is 0.0371. The highest BCUT2D eigenvalue weighted by Crippen LogP contribution is 2.52. The molecule has 3 N–H and O–H groups in total. The number of phenols is 3. The maximum Gasteiger partial charge on any atom is 0.276 e.